The third kappa shape index (κ3) is 4.42. The lowest BCUT2D eigenvalue weighted by Gasteiger charge is -2.32. The summed E-state index contributed by atoms with van der Waals surface area (Å²) in [6.07, 6.45) is 5.46. The quantitative estimate of drug-likeness (QED) is 0.699. The fourth-order valence-corrected chi connectivity index (χ4v) is 4.22. The molecule has 146 valence electrons. The molecule has 1 aliphatic heterocycles. The average Bonchev–Trinajstić information content (AvgIpc) is 3.12. The number of amides is 1. The van der Waals surface area contributed by atoms with Crippen LogP contribution >= 0.6 is 0 Å². The molecule has 3 aromatic rings. The topological polar surface area (TPSA) is 50.2 Å². The van der Waals surface area contributed by atoms with Gasteiger partial charge in [0, 0.05) is 19.2 Å². The van der Waals surface area contributed by atoms with E-state index in [1.165, 1.54) is 23.9 Å². The minimum absolute atomic E-state index is 0.0161. The number of anilines is 1. The molecule has 28 heavy (non-hydrogen) atoms. The van der Waals surface area contributed by atoms with Crippen LogP contribution in [0.2, 0.25) is 0 Å². The molecule has 0 bridgehead atoms. The fourth-order valence-electron chi connectivity index (χ4n) is 4.22. The van der Waals surface area contributed by atoms with Crippen molar-refractivity contribution in [1.29, 1.82) is 0 Å². The first-order chi connectivity index (χ1) is 13.7. The maximum Gasteiger partial charge on any atom is 0.221 e. The molecule has 1 aromatic heterocycles. The summed E-state index contributed by atoms with van der Waals surface area (Å²) >= 11 is 0. The van der Waals surface area contributed by atoms with Gasteiger partial charge in [0.2, 0.25) is 5.91 Å². The van der Waals surface area contributed by atoms with Crippen LogP contribution in [0.1, 0.15) is 37.7 Å². The molecule has 0 spiro atoms. The molecule has 2 aromatic carbocycles. The molecule has 4 rings (SSSR count). The van der Waals surface area contributed by atoms with E-state index in [2.05, 4.69) is 50.1 Å². The largest absolute Gasteiger partial charge is 0.331 e. The monoisotopic (exact) mass is 376 g/mol. The van der Waals surface area contributed by atoms with Gasteiger partial charge in [-0.2, -0.15) is 0 Å². The third-order valence-electron chi connectivity index (χ3n) is 5.67. The minimum atomic E-state index is -0.0161. The van der Waals surface area contributed by atoms with Gasteiger partial charge in [-0.05, 0) is 74.6 Å². The number of piperidine rings is 1. The highest BCUT2D eigenvalue weighted by atomic mass is 16.1. The summed E-state index contributed by atoms with van der Waals surface area (Å²) in [7, 11) is 0. The van der Waals surface area contributed by atoms with Gasteiger partial charge in [0.1, 0.15) is 0 Å². The van der Waals surface area contributed by atoms with E-state index in [1.807, 2.05) is 24.5 Å². The number of likely N-dealkylation sites (tertiary alicyclic amines) is 1. The van der Waals surface area contributed by atoms with Crippen LogP contribution in [0.3, 0.4) is 0 Å². The number of imidazole rings is 1. The van der Waals surface area contributed by atoms with Gasteiger partial charge in [0.15, 0.2) is 0 Å². The molecular weight excluding hydrogens is 348 g/mol. The number of para-hydroxylation sites is 2. The molecule has 0 radical (unpaired) electrons. The number of hydrogen-bond donors (Lipinski definition) is 1. The average molecular weight is 377 g/mol. The Morgan fingerprint density at radius 2 is 1.93 bits per heavy atom. The first-order valence-corrected chi connectivity index (χ1v) is 10.2. The first-order valence-electron chi connectivity index (χ1n) is 10.2. The van der Waals surface area contributed by atoms with Crippen molar-refractivity contribution in [3.63, 3.8) is 0 Å². The van der Waals surface area contributed by atoms with Gasteiger partial charge < -0.3 is 14.8 Å². The summed E-state index contributed by atoms with van der Waals surface area (Å²) < 4.78 is 2.26. The van der Waals surface area contributed by atoms with Crippen LogP contribution in [-0.2, 0) is 11.3 Å². The van der Waals surface area contributed by atoms with Crippen molar-refractivity contribution in [2.45, 2.75) is 38.6 Å². The fraction of sp³-hybridized carbons (Fsp3) is 0.391. The zero-order chi connectivity index (χ0) is 19.3. The normalized spacial score (nSPS) is 15.8. The molecule has 0 aliphatic carbocycles. The van der Waals surface area contributed by atoms with Gasteiger partial charge in [0.25, 0.3) is 0 Å². The van der Waals surface area contributed by atoms with Crippen LogP contribution in [-0.4, -0.2) is 40.0 Å². The van der Waals surface area contributed by atoms with Gasteiger partial charge in [-0.15, -0.1) is 0 Å². The Kier molecular flexibility index (Phi) is 5.72. The van der Waals surface area contributed by atoms with E-state index in [9.17, 15) is 4.79 Å². The molecule has 2 heterocycles. The number of nitrogens with one attached hydrogen (secondary N) is 1. The third-order valence-corrected chi connectivity index (χ3v) is 5.67. The number of benzene rings is 2. The Balaban J connectivity index is 1.26. The number of hydrogen-bond acceptors (Lipinski definition) is 3. The van der Waals surface area contributed by atoms with Crippen LogP contribution in [0.25, 0.3) is 11.0 Å². The number of carbonyl (C=O) groups is 1. The van der Waals surface area contributed by atoms with Crippen LogP contribution in [0.4, 0.5) is 5.69 Å². The second-order valence-corrected chi connectivity index (χ2v) is 7.70. The summed E-state index contributed by atoms with van der Waals surface area (Å²) in [6.45, 7) is 5.97. The molecule has 0 saturated carbocycles. The highest BCUT2D eigenvalue weighted by Gasteiger charge is 2.20. The van der Waals surface area contributed by atoms with Crippen LogP contribution in [0, 0.1) is 0 Å². The lowest BCUT2D eigenvalue weighted by Crippen LogP contribution is -2.34. The number of nitrogens with zero attached hydrogens (tertiary/aromatic N) is 3. The molecule has 0 atom stereocenters. The van der Waals surface area contributed by atoms with E-state index in [4.69, 9.17) is 0 Å². The molecule has 1 saturated heterocycles. The van der Waals surface area contributed by atoms with E-state index in [0.717, 1.165) is 43.8 Å². The molecule has 1 fully saturated rings. The summed E-state index contributed by atoms with van der Waals surface area (Å²) in [5, 5.41) is 2.89. The zero-order valence-corrected chi connectivity index (χ0v) is 16.5. The van der Waals surface area contributed by atoms with E-state index < -0.39 is 0 Å². The summed E-state index contributed by atoms with van der Waals surface area (Å²) in [5.41, 5.74) is 4.54. The van der Waals surface area contributed by atoms with Gasteiger partial charge in [-0.1, -0.05) is 24.3 Å². The van der Waals surface area contributed by atoms with Crippen molar-refractivity contribution < 1.29 is 4.79 Å². The predicted molar refractivity (Wildman–Crippen MR) is 114 cm³/mol. The van der Waals surface area contributed by atoms with Crippen molar-refractivity contribution in [2.75, 3.05) is 25.0 Å². The summed E-state index contributed by atoms with van der Waals surface area (Å²) in [4.78, 5) is 18.3. The lowest BCUT2D eigenvalue weighted by atomic mass is 9.89. The van der Waals surface area contributed by atoms with Crippen molar-refractivity contribution in [2.24, 2.45) is 0 Å². The Morgan fingerprint density at radius 1 is 1.11 bits per heavy atom. The smallest absolute Gasteiger partial charge is 0.221 e. The van der Waals surface area contributed by atoms with E-state index in [1.54, 1.807) is 6.92 Å². The molecule has 1 N–H and O–H groups in total. The maximum absolute atomic E-state index is 11.3. The van der Waals surface area contributed by atoms with Crippen LogP contribution in [0.15, 0.2) is 54.9 Å². The van der Waals surface area contributed by atoms with Crippen molar-refractivity contribution in [3.05, 3.63) is 60.4 Å². The molecule has 1 amide bonds. The number of carbonyl (C=O) groups excluding carboxylic acids is 1. The molecular formula is C23H28N4O. The Hall–Kier alpha value is -2.66. The van der Waals surface area contributed by atoms with E-state index in [-0.39, 0.29) is 5.91 Å². The first kappa shape index (κ1) is 18.7. The SMILES string of the molecule is CC(=O)Nc1cccc(C2CCN(CCCn3cnc4ccccc43)CC2)c1. The van der Waals surface area contributed by atoms with E-state index >= 15 is 0 Å². The standard InChI is InChI=1S/C23H28N4O/c1-18(28)25-21-7-4-6-20(16-21)19-10-14-26(15-11-19)12-5-13-27-17-24-22-8-2-3-9-23(22)27/h2-4,6-9,16-17,19H,5,10-15H2,1H3,(H,25,28). The molecule has 1 aliphatic rings. The molecule has 0 unspecified atom stereocenters. The second kappa shape index (κ2) is 8.57. The molecule has 5 heteroatoms. The van der Waals surface area contributed by atoms with Crippen molar-refractivity contribution in [1.82, 2.24) is 14.5 Å². The zero-order valence-electron chi connectivity index (χ0n) is 16.5. The Morgan fingerprint density at radius 3 is 2.75 bits per heavy atom. The number of fused-ring (bicyclic) bond motifs is 1. The highest BCUT2D eigenvalue weighted by molar-refractivity contribution is 5.88. The Labute approximate surface area is 166 Å². The van der Waals surface area contributed by atoms with E-state index in [0.29, 0.717) is 5.92 Å². The Bertz CT molecular complexity index is 940. The van der Waals surface area contributed by atoms with Crippen LogP contribution < -0.4 is 5.32 Å². The number of aryl methyl sites for hydroxylation is 1. The lowest BCUT2D eigenvalue weighted by molar-refractivity contribution is -0.114. The van der Waals surface area contributed by atoms with Crippen LogP contribution in [0.5, 0.6) is 0 Å². The van der Waals surface area contributed by atoms with Gasteiger partial charge in [-0.25, -0.2) is 4.98 Å². The summed E-state index contributed by atoms with van der Waals surface area (Å²) in [5.74, 6) is 0.570. The highest BCUT2D eigenvalue weighted by Crippen LogP contribution is 2.29. The van der Waals surface area contributed by atoms with Gasteiger partial charge in [-0.3, -0.25) is 4.79 Å². The molecule has 5 nitrogen and oxygen atoms in total. The predicted octanol–water partition coefficient (Wildman–Crippen LogP) is 4.26. The number of rotatable bonds is 6. The summed E-state index contributed by atoms with van der Waals surface area (Å²) in [6, 6.07) is 16.6. The second-order valence-electron chi connectivity index (χ2n) is 7.70. The van der Waals surface area contributed by atoms with Crippen molar-refractivity contribution in [3.8, 4) is 0 Å². The maximum atomic E-state index is 11.3. The number of aromatic nitrogens is 2. The van der Waals surface area contributed by atoms with Gasteiger partial charge >= 0.3 is 0 Å². The van der Waals surface area contributed by atoms with Crippen molar-refractivity contribution >= 4 is 22.6 Å². The van der Waals surface area contributed by atoms with Gasteiger partial charge in [0.05, 0.1) is 17.4 Å². The minimum Gasteiger partial charge on any atom is -0.331 e.